The van der Waals surface area contributed by atoms with E-state index in [0.717, 1.165) is 3.57 Å². The van der Waals surface area contributed by atoms with Crippen molar-refractivity contribution in [3.05, 3.63) is 51.6 Å². The predicted octanol–water partition coefficient (Wildman–Crippen LogP) is 3.56. The van der Waals surface area contributed by atoms with Crippen LogP contribution in [-0.2, 0) is 0 Å². The van der Waals surface area contributed by atoms with E-state index in [4.69, 9.17) is 9.47 Å². The van der Waals surface area contributed by atoms with Crippen LogP contribution in [0.4, 0.5) is 5.69 Å². The van der Waals surface area contributed by atoms with Crippen LogP contribution in [0.2, 0.25) is 0 Å². The van der Waals surface area contributed by atoms with Crippen molar-refractivity contribution in [2.24, 2.45) is 0 Å². The third-order valence-electron chi connectivity index (χ3n) is 2.74. The van der Waals surface area contributed by atoms with E-state index in [1.807, 2.05) is 18.2 Å². The highest BCUT2D eigenvalue weighted by Gasteiger charge is 2.11. The van der Waals surface area contributed by atoms with Crippen LogP contribution in [0.5, 0.6) is 11.5 Å². The maximum Gasteiger partial charge on any atom is 0.255 e. The number of carbonyl (C=O) groups excluding carboxylic acids is 1. The van der Waals surface area contributed by atoms with Gasteiger partial charge in [-0.1, -0.05) is 6.07 Å². The first-order valence-corrected chi connectivity index (χ1v) is 7.01. The van der Waals surface area contributed by atoms with Gasteiger partial charge in [0.25, 0.3) is 5.91 Å². The molecule has 0 heterocycles. The van der Waals surface area contributed by atoms with Crippen LogP contribution in [0.1, 0.15) is 10.4 Å². The lowest BCUT2D eigenvalue weighted by Crippen LogP contribution is -2.12. The van der Waals surface area contributed by atoms with Crippen LogP contribution in [0, 0.1) is 3.57 Å². The number of hydrogen-bond acceptors (Lipinski definition) is 3. The molecule has 1 N–H and O–H groups in total. The van der Waals surface area contributed by atoms with Gasteiger partial charge in [0.2, 0.25) is 0 Å². The molecule has 0 spiro atoms. The summed E-state index contributed by atoms with van der Waals surface area (Å²) < 4.78 is 11.4. The minimum atomic E-state index is -0.185. The number of anilines is 1. The van der Waals surface area contributed by atoms with Crippen molar-refractivity contribution in [2.75, 3.05) is 19.5 Å². The lowest BCUT2D eigenvalue weighted by Gasteiger charge is -2.11. The van der Waals surface area contributed by atoms with E-state index in [1.165, 1.54) is 0 Å². The fourth-order valence-corrected chi connectivity index (χ4v) is 2.28. The zero-order valence-electron chi connectivity index (χ0n) is 11.1. The minimum Gasteiger partial charge on any atom is -0.497 e. The fraction of sp³-hybridized carbons (Fsp3) is 0.133. The van der Waals surface area contributed by atoms with Gasteiger partial charge in [-0.25, -0.2) is 0 Å². The van der Waals surface area contributed by atoms with Crippen molar-refractivity contribution in [3.63, 3.8) is 0 Å². The van der Waals surface area contributed by atoms with Crippen LogP contribution < -0.4 is 14.8 Å². The fourth-order valence-electron chi connectivity index (χ4n) is 1.74. The topological polar surface area (TPSA) is 47.6 Å². The summed E-state index contributed by atoms with van der Waals surface area (Å²) in [6.07, 6.45) is 0. The molecule has 0 aliphatic rings. The van der Waals surface area contributed by atoms with Gasteiger partial charge in [0.15, 0.2) is 0 Å². The summed E-state index contributed by atoms with van der Waals surface area (Å²) in [4.78, 5) is 12.2. The summed E-state index contributed by atoms with van der Waals surface area (Å²) in [6.45, 7) is 0. The average Bonchev–Trinajstić information content (AvgIpc) is 2.47. The average molecular weight is 383 g/mol. The van der Waals surface area contributed by atoms with Crippen LogP contribution in [0.25, 0.3) is 0 Å². The molecule has 0 atom stereocenters. The number of amides is 1. The lowest BCUT2D eigenvalue weighted by atomic mass is 10.2. The SMILES string of the molecule is COc1ccc(OC)c(NC(=O)c2cccc(I)c2)c1. The molecular formula is C15H14INO3. The van der Waals surface area contributed by atoms with Crippen molar-refractivity contribution in [1.29, 1.82) is 0 Å². The van der Waals surface area contributed by atoms with Gasteiger partial charge in [-0.15, -0.1) is 0 Å². The van der Waals surface area contributed by atoms with Crippen LogP contribution >= 0.6 is 22.6 Å². The predicted molar refractivity (Wildman–Crippen MR) is 86.7 cm³/mol. The molecular weight excluding hydrogens is 369 g/mol. The van der Waals surface area contributed by atoms with Crippen molar-refractivity contribution < 1.29 is 14.3 Å². The molecule has 0 saturated heterocycles. The van der Waals surface area contributed by atoms with Crippen molar-refractivity contribution in [2.45, 2.75) is 0 Å². The summed E-state index contributed by atoms with van der Waals surface area (Å²) in [5.41, 5.74) is 1.18. The maximum atomic E-state index is 12.2. The molecule has 0 unspecified atom stereocenters. The zero-order chi connectivity index (χ0) is 14.5. The third kappa shape index (κ3) is 3.41. The van der Waals surface area contributed by atoms with Crippen molar-refractivity contribution >= 4 is 34.2 Å². The number of methoxy groups -OCH3 is 2. The van der Waals surface area contributed by atoms with Gasteiger partial charge in [-0.2, -0.15) is 0 Å². The second-order valence-corrected chi connectivity index (χ2v) is 5.28. The summed E-state index contributed by atoms with van der Waals surface area (Å²) in [5, 5.41) is 2.83. The van der Waals surface area contributed by atoms with Gasteiger partial charge in [0, 0.05) is 15.2 Å². The first-order valence-electron chi connectivity index (χ1n) is 5.93. The van der Waals surface area contributed by atoms with Gasteiger partial charge >= 0.3 is 0 Å². The van der Waals surface area contributed by atoms with E-state index in [2.05, 4.69) is 27.9 Å². The zero-order valence-corrected chi connectivity index (χ0v) is 13.3. The summed E-state index contributed by atoms with van der Waals surface area (Å²) in [5.74, 6) is 1.06. The molecule has 0 fully saturated rings. The Balaban J connectivity index is 2.27. The molecule has 0 radical (unpaired) electrons. The lowest BCUT2D eigenvalue weighted by molar-refractivity contribution is 0.102. The van der Waals surface area contributed by atoms with E-state index in [-0.39, 0.29) is 5.91 Å². The smallest absolute Gasteiger partial charge is 0.255 e. The van der Waals surface area contributed by atoms with Gasteiger partial charge < -0.3 is 14.8 Å². The molecule has 104 valence electrons. The number of rotatable bonds is 4. The molecule has 0 aliphatic heterocycles. The Morgan fingerprint density at radius 3 is 2.55 bits per heavy atom. The molecule has 4 nitrogen and oxygen atoms in total. The third-order valence-corrected chi connectivity index (χ3v) is 3.41. The largest absolute Gasteiger partial charge is 0.497 e. The number of nitrogens with one attached hydrogen (secondary N) is 1. The highest BCUT2D eigenvalue weighted by Crippen LogP contribution is 2.29. The Hall–Kier alpha value is -1.76. The molecule has 0 saturated carbocycles. The standard InChI is InChI=1S/C15H14INO3/c1-19-12-6-7-14(20-2)13(9-12)17-15(18)10-4-3-5-11(16)8-10/h3-9H,1-2H3,(H,17,18). The Morgan fingerprint density at radius 2 is 1.90 bits per heavy atom. The van der Waals surface area contributed by atoms with Gasteiger partial charge in [-0.05, 0) is 52.9 Å². The van der Waals surface area contributed by atoms with Gasteiger partial charge in [0.1, 0.15) is 11.5 Å². The van der Waals surface area contributed by atoms with E-state index >= 15 is 0 Å². The molecule has 0 aliphatic carbocycles. The second-order valence-electron chi connectivity index (χ2n) is 4.03. The minimum absolute atomic E-state index is 0.185. The number of carbonyl (C=O) groups is 1. The maximum absolute atomic E-state index is 12.2. The van der Waals surface area contributed by atoms with Crippen molar-refractivity contribution in [1.82, 2.24) is 0 Å². The number of benzene rings is 2. The highest BCUT2D eigenvalue weighted by molar-refractivity contribution is 14.1. The number of halogens is 1. The summed E-state index contributed by atoms with van der Waals surface area (Å²) >= 11 is 2.17. The summed E-state index contributed by atoms with van der Waals surface area (Å²) in [6, 6.07) is 12.6. The van der Waals surface area contributed by atoms with E-state index in [9.17, 15) is 4.79 Å². The first kappa shape index (κ1) is 14.6. The first-order chi connectivity index (χ1) is 9.63. The van der Waals surface area contributed by atoms with E-state index in [1.54, 1.807) is 38.5 Å². The molecule has 5 heteroatoms. The quantitative estimate of drug-likeness (QED) is 0.822. The number of ether oxygens (including phenoxy) is 2. The highest BCUT2D eigenvalue weighted by atomic mass is 127. The second kappa shape index (κ2) is 6.60. The molecule has 2 rings (SSSR count). The van der Waals surface area contributed by atoms with Crippen LogP contribution in [0.3, 0.4) is 0 Å². The van der Waals surface area contributed by atoms with Crippen molar-refractivity contribution in [3.8, 4) is 11.5 Å². The monoisotopic (exact) mass is 383 g/mol. The Labute approximate surface area is 131 Å². The molecule has 0 aromatic heterocycles. The molecule has 1 amide bonds. The Kier molecular flexibility index (Phi) is 4.84. The van der Waals surface area contributed by atoms with E-state index < -0.39 is 0 Å². The molecule has 2 aromatic carbocycles. The Morgan fingerprint density at radius 1 is 1.10 bits per heavy atom. The molecule has 2 aromatic rings. The number of hydrogen-bond donors (Lipinski definition) is 1. The Bertz CT molecular complexity index is 628. The van der Waals surface area contributed by atoms with Gasteiger partial charge in [-0.3, -0.25) is 4.79 Å². The summed E-state index contributed by atoms with van der Waals surface area (Å²) in [7, 11) is 3.13. The van der Waals surface area contributed by atoms with Crippen LogP contribution in [0.15, 0.2) is 42.5 Å². The molecule has 20 heavy (non-hydrogen) atoms. The molecule has 0 bridgehead atoms. The van der Waals surface area contributed by atoms with Gasteiger partial charge in [0.05, 0.1) is 19.9 Å². The van der Waals surface area contributed by atoms with E-state index in [0.29, 0.717) is 22.7 Å². The normalized spacial score (nSPS) is 9.95. The van der Waals surface area contributed by atoms with Crippen LogP contribution in [-0.4, -0.2) is 20.1 Å².